The molecule has 5 nitrogen and oxygen atoms in total. The van der Waals surface area contributed by atoms with Crippen molar-refractivity contribution >= 4 is 15.8 Å². The van der Waals surface area contributed by atoms with E-state index in [2.05, 4.69) is 0 Å². The summed E-state index contributed by atoms with van der Waals surface area (Å²) >= 11 is 0. The molecule has 0 aliphatic carbocycles. The smallest absolute Gasteiger partial charge is 0.342 e. The van der Waals surface area contributed by atoms with Gasteiger partial charge >= 0.3 is 5.97 Å². The number of carbonyl (C=O) groups is 1. The van der Waals surface area contributed by atoms with Crippen LogP contribution in [0.2, 0.25) is 0 Å². The summed E-state index contributed by atoms with van der Waals surface area (Å²) < 4.78 is 40.1. The van der Waals surface area contributed by atoms with Crippen LogP contribution >= 0.6 is 0 Å². The van der Waals surface area contributed by atoms with E-state index >= 15 is 0 Å². The first-order valence-corrected chi connectivity index (χ1v) is 7.19. The molecule has 0 aromatic heterocycles. The lowest BCUT2D eigenvalue weighted by molar-refractivity contribution is 0.0687. The van der Waals surface area contributed by atoms with E-state index in [-0.39, 0.29) is 24.5 Å². The van der Waals surface area contributed by atoms with E-state index in [0.29, 0.717) is 0 Å². The first-order valence-electron chi connectivity index (χ1n) is 5.13. The van der Waals surface area contributed by atoms with Gasteiger partial charge in [0.05, 0.1) is 12.4 Å². The van der Waals surface area contributed by atoms with E-state index in [1.54, 1.807) is 0 Å². The van der Waals surface area contributed by atoms with Gasteiger partial charge < -0.3 is 9.84 Å². The molecule has 0 aliphatic heterocycles. The highest BCUT2D eigenvalue weighted by Gasteiger charge is 2.16. The molecule has 0 saturated carbocycles. The Morgan fingerprint density at radius 1 is 1.44 bits per heavy atom. The number of rotatable bonds is 6. The van der Waals surface area contributed by atoms with Crippen LogP contribution in [0.25, 0.3) is 0 Å². The van der Waals surface area contributed by atoms with Crippen molar-refractivity contribution in [3.63, 3.8) is 0 Å². The van der Waals surface area contributed by atoms with Crippen LogP contribution in [0.3, 0.4) is 0 Å². The number of ether oxygens (including phenoxy) is 1. The van der Waals surface area contributed by atoms with Crippen LogP contribution in [-0.2, 0) is 9.84 Å². The van der Waals surface area contributed by atoms with Gasteiger partial charge in [-0.15, -0.1) is 0 Å². The first-order chi connectivity index (χ1) is 8.31. The molecular formula is C11H13FO5S. The second-order valence-electron chi connectivity index (χ2n) is 3.75. The van der Waals surface area contributed by atoms with Crippen LogP contribution < -0.4 is 4.74 Å². The summed E-state index contributed by atoms with van der Waals surface area (Å²) in [7, 11) is -3.08. The standard InChI is InChI=1S/C11H13FO5S/c1-18(15,16)7-3-6-17-9-5-2-4-8(12)10(9)11(13)14/h2,4-5H,3,6-7H2,1H3,(H,13,14). The lowest BCUT2D eigenvalue weighted by atomic mass is 10.2. The van der Waals surface area contributed by atoms with Gasteiger partial charge in [0.25, 0.3) is 0 Å². The summed E-state index contributed by atoms with van der Waals surface area (Å²) in [6, 6.07) is 3.67. The highest BCUT2D eigenvalue weighted by atomic mass is 32.2. The van der Waals surface area contributed by atoms with Gasteiger partial charge in [-0.2, -0.15) is 0 Å². The third-order valence-corrected chi connectivity index (χ3v) is 3.14. The van der Waals surface area contributed by atoms with Crippen molar-refractivity contribution in [2.75, 3.05) is 18.6 Å². The Balaban J connectivity index is 2.68. The fraction of sp³-hybridized carbons (Fsp3) is 0.364. The summed E-state index contributed by atoms with van der Waals surface area (Å²) in [4.78, 5) is 10.8. The Hall–Kier alpha value is -1.63. The monoisotopic (exact) mass is 276 g/mol. The predicted molar refractivity (Wildman–Crippen MR) is 63.2 cm³/mol. The minimum atomic E-state index is -3.08. The van der Waals surface area contributed by atoms with E-state index in [1.165, 1.54) is 12.1 Å². The molecule has 1 aromatic carbocycles. The molecule has 7 heteroatoms. The molecule has 0 fully saturated rings. The Kier molecular flexibility index (Phi) is 4.66. The molecule has 0 aliphatic rings. The van der Waals surface area contributed by atoms with Gasteiger partial charge in [-0.05, 0) is 18.6 Å². The Bertz CT molecular complexity index is 538. The second-order valence-corrected chi connectivity index (χ2v) is 6.01. The van der Waals surface area contributed by atoms with Gasteiger partial charge in [-0.1, -0.05) is 6.07 Å². The zero-order chi connectivity index (χ0) is 13.8. The van der Waals surface area contributed by atoms with Crippen LogP contribution in [0.5, 0.6) is 5.75 Å². The largest absolute Gasteiger partial charge is 0.493 e. The number of carboxylic acids is 1. The summed E-state index contributed by atoms with van der Waals surface area (Å²) in [5, 5.41) is 8.82. The van der Waals surface area contributed by atoms with Crippen molar-refractivity contribution < 1.29 is 27.4 Å². The van der Waals surface area contributed by atoms with Crippen molar-refractivity contribution in [2.45, 2.75) is 6.42 Å². The molecule has 100 valence electrons. The summed E-state index contributed by atoms with van der Waals surface area (Å²) in [5.74, 6) is -2.48. The number of carboxylic acid groups (broad SMARTS) is 1. The number of hydrogen-bond donors (Lipinski definition) is 1. The van der Waals surface area contributed by atoms with E-state index in [9.17, 15) is 17.6 Å². The molecule has 0 radical (unpaired) electrons. The average Bonchev–Trinajstić information content (AvgIpc) is 2.22. The lowest BCUT2D eigenvalue weighted by Crippen LogP contribution is -2.10. The SMILES string of the molecule is CS(=O)(=O)CCCOc1cccc(F)c1C(=O)O. The van der Waals surface area contributed by atoms with E-state index in [1.807, 2.05) is 0 Å². The maximum atomic E-state index is 13.2. The normalized spacial score (nSPS) is 11.2. The molecule has 0 bridgehead atoms. The van der Waals surface area contributed by atoms with Gasteiger partial charge in [-0.3, -0.25) is 0 Å². The van der Waals surface area contributed by atoms with Gasteiger partial charge in [-0.25, -0.2) is 17.6 Å². The summed E-state index contributed by atoms with van der Waals surface area (Å²) in [6.45, 7) is 0.0107. The van der Waals surface area contributed by atoms with Crippen molar-refractivity contribution in [3.8, 4) is 5.75 Å². The van der Waals surface area contributed by atoms with Crippen molar-refractivity contribution in [1.29, 1.82) is 0 Å². The Morgan fingerprint density at radius 3 is 2.67 bits per heavy atom. The topological polar surface area (TPSA) is 80.7 Å². The highest BCUT2D eigenvalue weighted by molar-refractivity contribution is 7.90. The third kappa shape index (κ3) is 4.33. The van der Waals surface area contributed by atoms with Crippen LogP contribution in [0.4, 0.5) is 4.39 Å². The Morgan fingerprint density at radius 2 is 2.11 bits per heavy atom. The van der Waals surface area contributed by atoms with Gasteiger partial charge in [0.2, 0.25) is 0 Å². The maximum Gasteiger partial charge on any atom is 0.342 e. The van der Waals surface area contributed by atoms with Crippen molar-refractivity contribution in [3.05, 3.63) is 29.6 Å². The molecule has 0 unspecified atom stereocenters. The molecule has 0 saturated heterocycles. The fourth-order valence-corrected chi connectivity index (χ4v) is 1.98. The highest BCUT2D eigenvalue weighted by Crippen LogP contribution is 2.21. The van der Waals surface area contributed by atoms with Crippen LogP contribution in [0.1, 0.15) is 16.8 Å². The molecule has 1 N–H and O–H groups in total. The molecule has 0 atom stereocenters. The molecule has 1 rings (SSSR count). The number of sulfone groups is 1. The minimum Gasteiger partial charge on any atom is -0.493 e. The minimum absolute atomic E-state index is 0.0107. The molecule has 0 spiro atoms. The fourth-order valence-electron chi connectivity index (χ4n) is 1.34. The number of aromatic carboxylic acids is 1. The molecule has 0 amide bonds. The number of halogens is 1. The lowest BCUT2D eigenvalue weighted by Gasteiger charge is -2.09. The summed E-state index contributed by atoms with van der Waals surface area (Å²) in [6.07, 6.45) is 1.31. The first kappa shape index (κ1) is 14.4. The zero-order valence-corrected chi connectivity index (χ0v) is 10.5. The van der Waals surface area contributed by atoms with E-state index < -0.39 is 27.2 Å². The van der Waals surface area contributed by atoms with Crippen LogP contribution in [0, 0.1) is 5.82 Å². The maximum absolute atomic E-state index is 13.2. The molecule has 1 aromatic rings. The average molecular weight is 276 g/mol. The number of benzene rings is 1. The van der Waals surface area contributed by atoms with Gasteiger partial charge in [0, 0.05) is 6.26 Å². The van der Waals surface area contributed by atoms with E-state index in [0.717, 1.165) is 12.3 Å². The summed E-state index contributed by atoms with van der Waals surface area (Å²) in [5.41, 5.74) is -0.545. The molecule has 18 heavy (non-hydrogen) atoms. The quantitative estimate of drug-likeness (QED) is 0.793. The second kappa shape index (κ2) is 5.81. The Labute approximate surface area is 104 Å². The van der Waals surface area contributed by atoms with Crippen molar-refractivity contribution in [1.82, 2.24) is 0 Å². The zero-order valence-electron chi connectivity index (χ0n) is 9.72. The molecular weight excluding hydrogens is 263 g/mol. The molecule has 0 heterocycles. The van der Waals surface area contributed by atoms with Gasteiger partial charge in [0.1, 0.15) is 27.0 Å². The van der Waals surface area contributed by atoms with Crippen LogP contribution in [-0.4, -0.2) is 38.1 Å². The van der Waals surface area contributed by atoms with Gasteiger partial charge in [0.15, 0.2) is 0 Å². The van der Waals surface area contributed by atoms with E-state index in [4.69, 9.17) is 9.84 Å². The van der Waals surface area contributed by atoms with Crippen LogP contribution in [0.15, 0.2) is 18.2 Å². The number of hydrogen-bond acceptors (Lipinski definition) is 4. The third-order valence-electron chi connectivity index (χ3n) is 2.11. The predicted octanol–water partition coefficient (Wildman–Crippen LogP) is 1.34. The van der Waals surface area contributed by atoms with Crippen molar-refractivity contribution in [2.24, 2.45) is 0 Å².